The number of benzene rings is 1. The minimum Gasteiger partial charge on any atom is -0.493 e. The first kappa shape index (κ1) is 14.0. The highest BCUT2D eigenvalue weighted by Crippen LogP contribution is 2.28. The molecule has 0 spiro atoms. The molecule has 100 valence electrons. The van der Waals surface area contributed by atoms with Gasteiger partial charge in [0.05, 0.1) is 12.7 Å². The van der Waals surface area contributed by atoms with Crippen LogP contribution < -0.4 is 4.74 Å². The molecule has 1 heterocycles. The number of hydrogen-bond acceptors (Lipinski definition) is 3. The maximum absolute atomic E-state index is 9.73. The summed E-state index contributed by atoms with van der Waals surface area (Å²) in [7, 11) is 0. The van der Waals surface area contributed by atoms with Gasteiger partial charge in [0.15, 0.2) is 0 Å². The Morgan fingerprint density at radius 1 is 1.37 bits per heavy atom. The molecule has 0 bridgehead atoms. The molecular weight excluding hydrogens is 306 g/mol. The van der Waals surface area contributed by atoms with Crippen LogP contribution in [0.4, 0.5) is 0 Å². The Morgan fingerprint density at radius 3 is 2.89 bits per heavy atom. The lowest BCUT2D eigenvalue weighted by molar-refractivity contribution is 0.191. The van der Waals surface area contributed by atoms with E-state index in [1.54, 1.807) is 13.1 Å². The number of aromatic nitrogens is 1. The van der Waals surface area contributed by atoms with Crippen molar-refractivity contribution in [1.82, 2.24) is 4.98 Å². The Bertz CT molecular complexity index is 529. The molecule has 0 aliphatic rings. The van der Waals surface area contributed by atoms with Crippen LogP contribution in [0, 0.1) is 0 Å². The average molecular weight is 322 g/mol. The number of ether oxygens (including phenoxy) is 1. The van der Waals surface area contributed by atoms with Gasteiger partial charge in [-0.15, -0.1) is 0 Å². The fraction of sp³-hybridized carbons (Fsp3) is 0.267. The molecular formula is C15H16BrNO2. The Labute approximate surface area is 121 Å². The van der Waals surface area contributed by atoms with E-state index in [4.69, 9.17) is 4.74 Å². The van der Waals surface area contributed by atoms with E-state index in [0.29, 0.717) is 6.61 Å². The molecule has 0 aliphatic heterocycles. The number of rotatable bonds is 5. The van der Waals surface area contributed by atoms with Gasteiger partial charge < -0.3 is 9.84 Å². The first-order valence-corrected chi connectivity index (χ1v) is 6.95. The van der Waals surface area contributed by atoms with E-state index >= 15 is 0 Å². The number of nitrogens with zero attached hydrogens (tertiary/aromatic N) is 1. The molecule has 1 aromatic heterocycles. The van der Waals surface area contributed by atoms with Crippen molar-refractivity contribution in [2.24, 2.45) is 0 Å². The number of pyridine rings is 1. The third kappa shape index (κ3) is 4.04. The van der Waals surface area contributed by atoms with Crippen LogP contribution in [0.2, 0.25) is 0 Å². The molecule has 0 saturated carbocycles. The maximum Gasteiger partial charge on any atom is 0.125 e. The van der Waals surface area contributed by atoms with Gasteiger partial charge in [-0.25, -0.2) is 0 Å². The molecule has 1 aromatic carbocycles. The average Bonchev–Trinajstić information content (AvgIpc) is 2.41. The predicted octanol–water partition coefficient (Wildman–Crippen LogP) is 3.52. The first-order chi connectivity index (χ1) is 9.16. The van der Waals surface area contributed by atoms with Gasteiger partial charge in [-0.3, -0.25) is 4.98 Å². The van der Waals surface area contributed by atoms with Crippen molar-refractivity contribution in [3.8, 4) is 5.75 Å². The third-order valence-electron chi connectivity index (χ3n) is 2.79. The zero-order valence-corrected chi connectivity index (χ0v) is 12.3. The van der Waals surface area contributed by atoms with Crippen LogP contribution in [0.1, 0.15) is 24.2 Å². The first-order valence-electron chi connectivity index (χ1n) is 6.16. The number of aliphatic hydroxyl groups is 1. The molecule has 0 fully saturated rings. The Balaban J connectivity index is 2.00. The van der Waals surface area contributed by atoms with E-state index in [2.05, 4.69) is 20.9 Å². The molecule has 1 unspecified atom stereocenters. The van der Waals surface area contributed by atoms with Crippen LogP contribution in [0.3, 0.4) is 0 Å². The number of halogens is 1. The summed E-state index contributed by atoms with van der Waals surface area (Å²) in [5.41, 5.74) is 1.93. The zero-order valence-electron chi connectivity index (χ0n) is 10.7. The van der Waals surface area contributed by atoms with E-state index in [1.165, 1.54) is 0 Å². The SMILES string of the molecule is CC(O)c1cc(Br)ccc1OCCc1cccnc1. The van der Waals surface area contributed by atoms with Crippen LogP contribution >= 0.6 is 15.9 Å². The summed E-state index contributed by atoms with van der Waals surface area (Å²) in [4.78, 5) is 4.07. The summed E-state index contributed by atoms with van der Waals surface area (Å²) in [6.45, 7) is 2.29. The highest BCUT2D eigenvalue weighted by atomic mass is 79.9. The van der Waals surface area contributed by atoms with Crippen molar-refractivity contribution in [2.45, 2.75) is 19.4 Å². The van der Waals surface area contributed by atoms with Crippen LogP contribution in [0.25, 0.3) is 0 Å². The van der Waals surface area contributed by atoms with Crippen LogP contribution in [0.15, 0.2) is 47.2 Å². The molecule has 0 saturated heterocycles. The lowest BCUT2D eigenvalue weighted by Crippen LogP contribution is -2.05. The van der Waals surface area contributed by atoms with Crippen LogP contribution in [-0.2, 0) is 6.42 Å². The summed E-state index contributed by atoms with van der Waals surface area (Å²) in [5.74, 6) is 0.724. The Kier molecular flexibility index (Phi) is 4.93. The van der Waals surface area contributed by atoms with Gasteiger partial charge >= 0.3 is 0 Å². The van der Waals surface area contributed by atoms with Gasteiger partial charge in [-0.1, -0.05) is 22.0 Å². The van der Waals surface area contributed by atoms with Gasteiger partial charge in [0.1, 0.15) is 5.75 Å². The lowest BCUT2D eigenvalue weighted by atomic mass is 10.1. The maximum atomic E-state index is 9.73. The predicted molar refractivity (Wildman–Crippen MR) is 78.2 cm³/mol. The van der Waals surface area contributed by atoms with Gasteiger partial charge in [-0.05, 0) is 36.8 Å². The molecule has 2 aromatic rings. The zero-order chi connectivity index (χ0) is 13.7. The van der Waals surface area contributed by atoms with Gasteiger partial charge in [0.25, 0.3) is 0 Å². The van der Waals surface area contributed by atoms with Gasteiger partial charge in [0, 0.05) is 28.9 Å². The molecule has 3 nitrogen and oxygen atoms in total. The second-order valence-electron chi connectivity index (χ2n) is 4.32. The van der Waals surface area contributed by atoms with Gasteiger partial charge in [-0.2, -0.15) is 0 Å². The van der Waals surface area contributed by atoms with Gasteiger partial charge in [0.2, 0.25) is 0 Å². The quantitative estimate of drug-likeness (QED) is 0.916. The lowest BCUT2D eigenvalue weighted by Gasteiger charge is -2.13. The largest absolute Gasteiger partial charge is 0.493 e. The van der Waals surface area contributed by atoms with E-state index in [-0.39, 0.29) is 0 Å². The van der Waals surface area contributed by atoms with Crippen LogP contribution in [0.5, 0.6) is 5.75 Å². The second-order valence-corrected chi connectivity index (χ2v) is 5.23. The highest BCUT2D eigenvalue weighted by Gasteiger charge is 2.09. The van der Waals surface area contributed by atoms with Crippen molar-refractivity contribution in [3.05, 3.63) is 58.3 Å². The fourth-order valence-electron chi connectivity index (χ4n) is 1.80. The third-order valence-corrected chi connectivity index (χ3v) is 3.29. The molecule has 0 aliphatic carbocycles. The van der Waals surface area contributed by atoms with Crippen molar-refractivity contribution in [3.63, 3.8) is 0 Å². The molecule has 0 radical (unpaired) electrons. The Hall–Kier alpha value is -1.39. The topological polar surface area (TPSA) is 42.4 Å². The summed E-state index contributed by atoms with van der Waals surface area (Å²) >= 11 is 3.39. The van der Waals surface area contributed by atoms with E-state index in [0.717, 1.165) is 27.8 Å². The number of hydrogen-bond donors (Lipinski definition) is 1. The number of aliphatic hydroxyl groups excluding tert-OH is 1. The minimum atomic E-state index is -0.550. The summed E-state index contributed by atoms with van der Waals surface area (Å²) in [5, 5.41) is 9.73. The van der Waals surface area contributed by atoms with Crippen molar-refractivity contribution >= 4 is 15.9 Å². The van der Waals surface area contributed by atoms with Crippen LogP contribution in [-0.4, -0.2) is 16.7 Å². The van der Waals surface area contributed by atoms with Crippen molar-refractivity contribution in [2.75, 3.05) is 6.61 Å². The monoisotopic (exact) mass is 321 g/mol. The fourth-order valence-corrected chi connectivity index (χ4v) is 2.18. The summed E-state index contributed by atoms with van der Waals surface area (Å²) < 4.78 is 6.68. The normalized spacial score (nSPS) is 12.2. The summed E-state index contributed by atoms with van der Waals surface area (Å²) in [6.07, 6.45) is 3.83. The van der Waals surface area contributed by atoms with E-state index in [1.807, 2.05) is 36.5 Å². The van der Waals surface area contributed by atoms with Crippen molar-refractivity contribution < 1.29 is 9.84 Å². The Morgan fingerprint density at radius 2 is 2.21 bits per heavy atom. The highest BCUT2D eigenvalue weighted by molar-refractivity contribution is 9.10. The molecule has 4 heteroatoms. The molecule has 0 amide bonds. The molecule has 19 heavy (non-hydrogen) atoms. The van der Waals surface area contributed by atoms with Crippen molar-refractivity contribution in [1.29, 1.82) is 0 Å². The second kappa shape index (κ2) is 6.68. The molecule has 2 rings (SSSR count). The standard InChI is InChI=1S/C15H16BrNO2/c1-11(18)14-9-13(16)4-5-15(14)19-8-6-12-3-2-7-17-10-12/h2-5,7,9-11,18H,6,8H2,1H3. The summed E-state index contributed by atoms with van der Waals surface area (Å²) in [6, 6.07) is 9.59. The molecule has 1 atom stereocenters. The molecule has 1 N–H and O–H groups in total. The van der Waals surface area contributed by atoms with E-state index < -0.39 is 6.10 Å². The smallest absolute Gasteiger partial charge is 0.125 e. The van der Waals surface area contributed by atoms with E-state index in [9.17, 15) is 5.11 Å². The minimum absolute atomic E-state index is 0.550.